The summed E-state index contributed by atoms with van der Waals surface area (Å²) in [7, 11) is 0. The Bertz CT molecular complexity index is 866. The van der Waals surface area contributed by atoms with Gasteiger partial charge in [-0.05, 0) is 51.0 Å². The lowest BCUT2D eigenvalue weighted by Gasteiger charge is -2.19. The van der Waals surface area contributed by atoms with Gasteiger partial charge in [-0.15, -0.1) is 24.0 Å². The summed E-state index contributed by atoms with van der Waals surface area (Å²) in [4.78, 5) is 11.6. The Labute approximate surface area is 215 Å². The highest BCUT2D eigenvalue weighted by molar-refractivity contribution is 14.0. The van der Waals surface area contributed by atoms with E-state index in [1.54, 1.807) is 0 Å². The van der Waals surface area contributed by atoms with Gasteiger partial charge in [0.1, 0.15) is 17.7 Å². The minimum absolute atomic E-state index is 0. The Balaban J connectivity index is 0.00000385. The normalized spacial score (nSPS) is 15.6. The number of anilines is 1. The lowest BCUT2D eigenvalue weighted by Crippen LogP contribution is -2.37. The van der Waals surface area contributed by atoms with Gasteiger partial charge in [-0.2, -0.15) is 0 Å². The zero-order valence-electron chi connectivity index (χ0n) is 20.3. The van der Waals surface area contributed by atoms with Gasteiger partial charge in [0.05, 0.1) is 19.8 Å². The summed E-state index contributed by atoms with van der Waals surface area (Å²) in [6.45, 7) is 13.8. The zero-order valence-corrected chi connectivity index (χ0v) is 22.6. The molecule has 0 spiro atoms. The standard InChI is InChI=1S/C25H37N5O2.HI/c1-5-26-25(28-16-20-9-11-24(27-15-20)30(6-2)7-3)29-17-21-10-8-19(4)14-23(21)32-22-12-13-31-18-22;/h8-11,14-15,22H,5-7,12-13,16-18H2,1-4H3,(H2,26,28,29);1H. The SMILES string of the molecule is CCNC(=NCc1ccc(N(CC)CC)nc1)NCc1ccc(C)cc1OC1CCOC1.I. The molecule has 0 saturated carbocycles. The molecule has 1 atom stereocenters. The molecule has 0 amide bonds. The number of hydrogen-bond acceptors (Lipinski definition) is 5. The molecule has 1 unspecified atom stereocenters. The molecular formula is C25H38IN5O2. The van der Waals surface area contributed by atoms with Crippen molar-refractivity contribution in [2.45, 2.75) is 53.3 Å². The van der Waals surface area contributed by atoms with Crippen LogP contribution in [-0.2, 0) is 17.8 Å². The van der Waals surface area contributed by atoms with Crippen LogP contribution in [0.5, 0.6) is 5.75 Å². The van der Waals surface area contributed by atoms with Crippen LogP contribution in [0.2, 0.25) is 0 Å². The highest BCUT2D eigenvalue weighted by Gasteiger charge is 2.18. The van der Waals surface area contributed by atoms with E-state index in [1.165, 1.54) is 5.56 Å². The second-order valence-electron chi connectivity index (χ2n) is 7.96. The van der Waals surface area contributed by atoms with Crippen molar-refractivity contribution in [1.29, 1.82) is 0 Å². The maximum Gasteiger partial charge on any atom is 0.191 e. The summed E-state index contributed by atoms with van der Waals surface area (Å²) in [5.41, 5.74) is 3.38. The number of nitrogens with zero attached hydrogens (tertiary/aromatic N) is 3. The molecule has 33 heavy (non-hydrogen) atoms. The predicted molar refractivity (Wildman–Crippen MR) is 146 cm³/mol. The molecule has 0 radical (unpaired) electrons. The van der Waals surface area contributed by atoms with Gasteiger partial charge in [-0.1, -0.05) is 18.2 Å². The molecule has 1 aliphatic rings. The van der Waals surface area contributed by atoms with Gasteiger partial charge in [0.2, 0.25) is 0 Å². The van der Waals surface area contributed by atoms with Gasteiger partial charge in [0.15, 0.2) is 5.96 Å². The number of halogens is 1. The van der Waals surface area contributed by atoms with E-state index in [1.807, 2.05) is 6.20 Å². The van der Waals surface area contributed by atoms with Crippen molar-refractivity contribution < 1.29 is 9.47 Å². The van der Waals surface area contributed by atoms with Crippen LogP contribution in [0.15, 0.2) is 41.5 Å². The molecule has 2 N–H and O–H groups in total. The summed E-state index contributed by atoms with van der Waals surface area (Å²) in [6.07, 6.45) is 2.98. The lowest BCUT2D eigenvalue weighted by molar-refractivity contribution is 0.140. The topological polar surface area (TPSA) is 71.0 Å². The Hall–Kier alpha value is -2.07. The Morgan fingerprint density at radius 3 is 2.64 bits per heavy atom. The second-order valence-corrected chi connectivity index (χ2v) is 7.96. The average molecular weight is 568 g/mol. The molecule has 0 bridgehead atoms. The van der Waals surface area contributed by atoms with Gasteiger partial charge in [-0.3, -0.25) is 0 Å². The zero-order chi connectivity index (χ0) is 22.8. The van der Waals surface area contributed by atoms with Crippen molar-refractivity contribution in [3.05, 3.63) is 53.2 Å². The van der Waals surface area contributed by atoms with Crippen LogP contribution >= 0.6 is 24.0 Å². The van der Waals surface area contributed by atoms with Gasteiger partial charge in [0, 0.05) is 44.4 Å². The number of aryl methyl sites for hydroxylation is 1. The summed E-state index contributed by atoms with van der Waals surface area (Å²) in [5, 5.41) is 6.76. The van der Waals surface area contributed by atoms with Crippen molar-refractivity contribution in [2.75, 3.05) is 37.7 Å². The highest BCUT2D eigenvalue weighted by Crippen LogP contribution is 2.23. The van der Waals surface area contributed by atoms with Crippen molar-refractivity contribution in [3.63, 3.8) is 0 Å². The molecule has 182 valence electrons. The Morgan fingerprint density at radius 2 is 2.00 bits per heavy atom. The number of rotatable bonds is 10. The molecule has 1 fully saturated rings. The fraction of sp³-hybridized carbons (Fsp3) is 0.520. The monoisotopic (exact) mass is 567 g/mol. The number of benzene rings is 1. The molecule has 8 heteroatoms. The predicted octanol–water partition coefficient (Wildman–Crippen LogP) is 4.28. The van der Waals surface area contributed by atoms with E-state index in [-0.39, 0.29) is 30.1 Å². The minimum atomic E-state index is 0. The first-order chi connectivity index (χ1) is 15.6. The highest BCUT2D eigenvalue weighted by atomic mass is 127. The van der Waals surface area contributed by atoms with Crippen molar-refractivity contribution in [3.8, 4) is 5.75 Å². The van der Waals surface area contributed by atoms with Gasteiger partial charge in [0.25, 0.3) is 0 Å². The van der Waals surface area contributed by atoms with Crippen molar-refractivity contribution in [2.24, 2.45) is 4.99 Å². The van der Waals surface area contributed by atoms with E-state index in [4.69, 9.17) is 14.5 Å². The number of guanidine groups is 1. The van der Waals surface area contributed by atoms with Crippen LogP contribution < -0.4 is 20.3 Å². The molecule has 3 rings (SSSR count). The molecule has 2 heterocycles. The summed E-state index contributed by atoms with van der Waals surface area (Å²) >= 11 is 0. The Kier molecular flexibility index (Phi) is 11.7. The van der Waals surface area contributed by atoms with Crippen LogP contribution in [0.4, 0.5) is 5.82 Å². The van der Waals surface area contributed by atoms with Gasteiger partial charge in [-0.25, -0.2) is 9.98 Å². The van der Waals surface area contributed by atoms with Crippen molar-refractivity contribution >= 4 is 35.8 Å². The minimum Gasteiger partial charge on any atom is -0.488 e. The van der Waals surface area contributed by atoms with Crippen LogP contribution in [0, 0.1) is 6.92 Å². The molecular weight excluding hydrogens is 529 g/mol. The largest absolute Gasteiger partial charge is 0.488 e. The van der Waals surface area contributed by atoms with E-state index in [2.05, 4.69) is 78.5 Å². The number of nitrogens with one attached hydrogen (secondary N) is 2. The molecule has 1 aromatic carbocycles. The summed E-state index contributed by atoms with van der Waals surface area (Å²) in [6, 6.07) is 10.5. The number of hydrogen-bond donors (Lipinski definition) is 2. The third-order valence-electron chi connectivity index (χ3n) is 5.51. The fourth-order valence-electron chi connectivity index (χ4n) is 3.64. The molecule has 1 aromatic heterocycles. The lowest BCUT2D eigenvalue weighted by atomic mass is 10.1. The third kappa shape index (κ3) is 8.33. The number of aliphatic imine (C=N–C) groups is 1. The van der Waals surface area contributed by atoms with E-state index >= 15 is 0 Å². The second kappa shape index (κ2) is 14.2. The molecule has 7 nitrogen and oxygen atoms in total. The number of aromatic nitrogens is 1. The summed E-state index contributed by atoms with van der Waals surface area (Å²) < 4.78 is 11.7. The number of ether oxygens (including phenoxy) is 2. The van der Waals surface area contributed by atoms with E-state index in [9.17, 15) is 0 Å². The average Bonchev–Trinajstić information content (AvgIpc) is 3.31. The fourth-order valence-corrected chi connectivity index (χ4v) is 3.64. The van der Waals surface area contributed by atoms with E-state index in [0.29, 0.717) is 19.7 Å². The van der Waals surface area contributed by atoms with Crippen LogP contribution in [0.1, 0.15) is 43.9 Å². The first-order valence-electron chi connectivity index (χ1n) is 11.7. The van der Waals surface area contributed by atoms with E-state index < -0.39 is 0 Å². The molecule has 2 aromatic rings. The van der Waals surface area contributed by atoms with Gasteiger partial charge < -0.3 is 25.0 Å². The quantitative estimate of drug-likeness (QED) is 0.254. The molecule has 1 saturated heterocycles. The van der Waals surface area contributed by atoms with Crippen LogP contribution in [-0.4, -0.2) is 49.9 Å². The van der Waals surface area contributed by atoms with Gasteiger partial charge >= 0.3 is 0 Å². The summed E-state index contributed by atoms with van der Waals surface area (Å²) in [5.74, 6) is 2.70. The van der Waals surface area contributed by atoms with Crippen LogP contribution in [0.25, 0.3) is 0 Å². The third-order valence-corrected chi connectivity index (χ3v) is 5.51. The first-order valence-corrected chi connectivity index (χ1v) is 11.7. The first kappa shape index (κ1) is 27.2. The van der Waals surface area contributed by atoms with E-state index in [0.717, 1.165) is 61.3 Å². The maximum absolute atomic E-state index is 6.22. The Morgan fingerprint density at radius 1 is 1.18 bits per heavy atom. The number of pyridine rings is 1. The molecule has 1 aliphatic heterocycles. The maximum atomic E-state index is 6.22. The smallest absolute Gasteiger partial charge is 0.191 e. The molecule has 0 aliphatic carbocycles. The van der Waals surface area contributed by atoms with Crippen LogP contribution in [0.3, 0.4) is 0 Å². The van der Waals surface area contributed by atoms with Crippen molar-refractivity contribution in [1.82, 2.24) is 15.6 Å².